The molecular formula is C21H34O2. The van der Waals surface area contributed by atoms with Gasteiger partial charge in [0.25, 0.3) is 0 Å². The molecule has 3 atom stereocenters. The maximum absolute atomic E-state index is 11.0. The van der Waals surface area contributed by atoms with Gasteiger partial charge >= 0.3 is 5.97 Å². The number of hydrogen-bond donors (Lipinski definition) is 0. The molecule has 1 fully saturated rings. The summed E-state index contributed by atoms with van der Waals surface area (Å²) in [7, 11) is 1.44. The highest BCUT2D eigenvalue weighted by atomic mass is 16.5. The van der Waals surface area contributed by atoms with Crippen molar-refractivity contribution in [3.8, 4) is 11.8 Å². The summed E-state index contributed by atoms with van der Waals surface area (Å²) in [5.74, 6) is 8.95. The Morgan fingerprint density at radius 3 is 2.83 bits per heavy atom. The van der Waals surface area contributed by atoms with Crippen molar-refractivity contribution < 1.29 is 9.53 Å². The molecule has 1 rings (SSSR count). The van der Waals surface area contributed by atoms with E-state index >= 15 is 0 Å². The molecule has 2 heteroatoms. The summed E-state index contributed by atoms with van der Waals surface area (Å²) in [6, 6.07) is 0. The smallest absolute Gasteiger partial charge is 0.305 e. The molecule has 0 heterocycles. The van der Waals surface area contributed by atoms with Crippen molar-refractivity contribution in [3.05, 3.63) is 12.2 Å². The molecule has 1 aliphatic carbocycles. The van der Waals surface area contributed by atoms with Gasteiger partial charge in [0.2, 0.25) is 0 Å². The molecule has 0 bridgehead atoms. The first-order chi connectivity index (χ1) is 11.2. The molecular weight excluding hydrogens is 284 g/mol. The first-order valence-electron chi connectivity index (χ1n) is 9.37. The summed E-state index contributed by atoms with van der Waals surface area (Å²) in [6.07, 6.45) is 15.7. The molecule has 1 saturated carbocycles. The highest BCUT2D eigenvalue weighted by molar-refractivity contribution is 5.69. The third-order valence-electron chi connectivity index (χ3n) is 4.61. The Balaban J connectivity index is 2.01. The average Bonchev–Trinajstić information content (AvgIpc) is 3.29. The molecule has 0 amide bonds. The lowest BCUT2D eigenvalue weighted by Gasteiger charge is -2.01. The van der Waals surface area contributed by atoms with Crippen LogP contribution in [0.2, 0.25) is 0 Å². The Labute approximate surface area is 143 Å². The standard InChI is InChI=1S/C21H34O2/c1-4-5-8-12-18(2)13-11-15-20-17-19(20)14-9-6-7-10-16-21(22)23-3/h6,9,18-20H,4-5,7-8,10,12,14-17H2,1-3H3/b9-6+. The van der Waals surface area contributed by atoms with E-state index in [0.29, 0.717) is 12.3 Å². The summed E-state index contributed by atoms with van der Waals surface area (Å²) in [6.45, 7) is 4.50. The van der Waals surface area contributed by atoms with Gasteiger partial charge in [0.1, 0.15) is 0 Å². The van der Waals surface area contributed by atoms with E-state index in [1.54, 1.807) is 0 Å². The van der Waals surface area contributed by atoms with Crippen LogP contribution < -0.4 is 0 Å². The molecule has 0 aromatic rings. The first-order valence-corrected chi connectivity index (χ1v) is 9.37. The quantitative estimate of drug-likeness (QED) is 0.217. The van der Waals surface area contributed by atoms with E-state index in [2.05, 4.69) is 42.6 Å². The molecule has 0 aliphatic heterocycles. The summed E-state index contributed by atoms with van der Waals surface area (Å²) in [4.78, 5) is 11.0. The second kappa shape index (κ2) is 12.2. The minimum atomic E-state index is -0.108. The second-order valence-corrected chi connectivity index (χ2v) is 6.85. The van der Waals surface area contributed by atoms with Crippen LogP contribution in [0, 0.1) is 29.6 Å². The zero-order valence-corrected chi connectivity index (χ0v) is 15.3. The Kier molecular flexibility index (Phi) is 10.5. The normalized spacial score (nSPS) is 20.8. The van der Waals surface area contributed by atoms with Gasteiger partial charge in [-0.3, -0.25) is 4.79 Å². The van der Waals surface area contributed by atoms with E-state index in [9.17, 15) is 4.79 Å². The van der Waals surface area contributed by atoms with Crippen molar-refractivity contribution in [1.29, 1.82) is 0 Å². The van der Waals surface area contributed by atoms with Crippen LogP contribution in [-0.4, -0.2) is 13.1 Å². The van der Waals surface area contributed by atoms with E-state index < -0.39 is 0 Å². The molecule has 130 valence electrons. The number of hydrogen-bond acceptors (Lipinski definition) is 2. The van der Waals surface area contributed by atoms with Gasteiger partial charge in [-0.1, -0.05) is 45.3 Å². The summed E-state index contributed by atoms with van der Waals surface area (Å²) in [5.41, 5.74) is 0. The fraction of sp³-hybridized carbons (Fsp3) is 0.762. The van der Waals surface area contributed by atoms with E-state index in [1.807, 2.05) is 0 Å². The van der Waals surface area contributed by atoms with Crippen molar-refractivity contribution in [2.24, 2.45) is 17.8 Å². The molecule has 3 unspecified atom stereocenters. The number of unbranched alkanes of at least 4 members (excludes halogenated alkanes) is 3. The summed E-state index contributed by atoms with van der Waals surface area (Å²) < 4.78 is 4.62. The summed E-state index contributed by atoms with van der Waals surface area (Å²) >= 11 is 0. The molecule has 23 heavy (non-hydrogen) atoms. The number of allylic oxidation sites excluding steroid dienone is 2. The van der Waals surface area contributed by atoms with E-state index in [-0.39, 0.29) is 5.97 Å². The van der Waals surface area contributed by atoms with Crippen LogP contribution in [0.25, 0.3) is 0 Å². The lowest BCUT2D eigenvalue weighted by atomic mass is 10.0. The van der Waals surface area contributed by atoms with Crippen molar-refractivity contribution in [2.75, 3.05) is 7.11 Å². The second-order valence-electron chi connectivity index (χ2n) is 6.85. The number of rotatable bonds is 11. The van der Waals surface area contributed by atoms with Crippen molar-refractivity contribution in [1.82, 2.24) is 0 Å². The van der Waals surface area contributed by atoms with Crippen molar-refractivity contribution in [2.45, 2.75) is 78.1 Å². The molecule has 0 saturated heterocycles. The van der Waals surface area contributed by atoms with Gasteiger partial charge in [-0.2, -0.15) is 0 Å². The van der Waals surface area contributed by atoms with Crippen LogP contribution in [0.15, 0.2) is 12.2 Å². The van der Waals surface area contributed by atoms with Crippen LogP contribution in [0.1, 0.15) is 78.1 Å². The minimum Gasteiger partial charge on any atom is -0.469 e. The molecule has 0 aromatic carbocycles. The van der Waals surface area contributed by atoms with E-state index in [1.165, 1.54) is 45.6 Å². The Morgan fingerprint density at radius 1 is 1.26 bits per heavy atom. The van der Waals surface area contributed by atoms with Gasteiger partial charge < -0.3 is 4.74 Å². The molecule has 0 aromatic heterocycles. The number of carbonyl (C=O) groups excluding carboxylic acids is 1. The lowest BCUT2D eigenvalue weighted by molar-refractivity contribution is -0.140. The SMILES string of the molecule is CCCCCC(C)C#CCC1CC1C/C=C/CCCC(=O)OC. The fourth-order valence-electron chi connectivity index (χ4n) is 2.84. The van der Waals surface area contributed by atoms with Crippen LogP contribution in [-0.2, 0) is 9.53 Å². The Hall–Kier alpha value is -1.23. The Bertz CT molecular complexity index is 413. The van der Waals surface area contributed by atoms with Crippen molar-refractivity contribution in [3.63, 3.8) is 0 Å². The van der Waals surface area contributed by atoms with Gasteiger partial charge in [0, 0.05) is 18.8 Å². The van der Waals surface area contributed by atoms with Crippen LogP contribution in [0.4, 0.5) is 0 Å². The van der Waals surface area contributed by atoms with Crippen LogP contribution in [0.5, 0.6) is 0 Å². The van der Waals surface area contributed by atoms with Gasteiger partial charge in [-0.15, -0.1) is 11.8 Å². The third-order valence-corrected chi connectivity index (χ3v) is 4.61. The predicted octanol–water partition coefficient (Wildman–Crippen LogP) is 5.52. The van der Waals surface area contributed by atoms with Crippen LogP contribution >= 0.6 is 0 Å². The highest BCUT2D eigenvalue weighted by Crippen LogP contribution is 2.43. The maximum Gasteiger partial charge on any atom is 0.305 e. The lowest BCUT2D eigenvalue weighted by Crippen LogP contribution is -1.98. The topological polar surface area (TPSA) is 26.3 Å². The molecule has 0 spiro atoms. The average molecular weight is 319 g/mol. The van der Waals surface area contributed by atoms with Gasteiger partial charge in [0.05, 0.1) is 7.11 Å². The zero-order valence-electron chi connectivity index (χ0n) is 15.3. The predicted molar refractivity (Wildman–Crippen MR) is 96.9 cm³/mol. The Morgan fingerprint density at radius 2 is 2.09 bits per heavy atom. The van der Waals surface area contributed by atoms with Gasteiger partial charge in [0.15, 0.2) is 0 Å². The van der Waals surface area contributed by atoms with Gasteiger partial charge in [-0.25, -0.2) is 0 Å². The third kappa shape index (κ3) is 10.2. The van der Waals surface area contributed by atoms with Crippen LogP contribution in [0.3, 0.4) is 0 Å². The largest absolute Gasteiger partial charge is 0.469 e. The van der Waals surface area contributed by atoms with E-state index in [0.717, 1.165) is 31.1 Å². The molecule has 2 nitrogen and oxygen atoms in total. The number of carbonyl (C=O) groups is 1. The summed E-state index contributed by atoms with van der Waals surface area (Å²) in [5, 5.41) is 0. The zero-order chi connectivity index (χ0) is 16.9. The number of esters is 1. The van der Waals surface area contributed by atoms with Gasteiger partial charge in [-0.05, 0) is 43.9 Å². The molecule has 0 N–H and O–H groups in total. The number of methoxy groups -OCH3 is 1. The maximum atomic E-state index is 11.0. The van der Waals surface area contributed by atoms with E-state index in [4.69, 9.17) is 0 Å². The highest BCUT2D eigenvalue weighted by Gasteiger charge is 2.34. The molecule has 0 radical (unpaired) electrons. The van der Waals surface area contributed by atoms with Crippen molar-refractivity contribution >= 4 is 5.97 Å². The monoisotopic (exact) mass is 318 g/mol. The molecule has 1 aliphatic rings. The minimum absolute atomic E-state index is 0.108. The number of ether oxygens (including phenoxy) is 1. The fourth-order valence-corrected chi connectivity index (χ4v) is 2.84. The first kappa shape index (κ1) is 19.8.